The van der Waals surface area contributed by atoms with Crippen molar-refractivity contribution in [2.24, 2.45) is 17.4 Å². The molecule has 1 unspecified atom stereocenters. The van der Waals surface area contributed by atoms with Crippen LogP contribution in [0.15, 0.2) is 0 Å². The van der Waals surface area contributed by atoms with Crippen molar-refractivity contribution in [3.8, 4) is 0 Å². The van der Waals surface area contributed by atoms with Gasteiger partial charge in [0.25, 0.3) is 0 Å². The minimum absolute atomic E-state index is 0.0328. The molecule has 7 nitrogen and oxygen atoms in total. The van der Waals surface area contributed by atoms with Gasteiger partial charge in [-0.05, 0) is 32.1 Å². The van der Waals surface area contributed by atoms with Crippen LogP contribution in [0.2, 0.25) is 0 Å². The van der Waals surface area contributed by atoms with Gasteiger partial charge in [-0.1, -0.05) is 6.42 Å². The summed E-state index contributed by atoms with van der Waals surface area (Å²) in [4.78, 5) is 13.7. The van der Waals surface area contributed by atoms with Crippen molar-refractivity contribution in [3.05, 3.63) is 0 Å². The Balaban J connectivity index is 1.91. The summed E-state index contributed by atoms with van der Waals surface area (Å²) in [6.45, 7) is 0.553. The maximum Gasteiger partial charge on any atom is 0.223 e. The number of likely N-dealkylation sites (tertiary alicyclic amines) is 1. The van der Waals surface area contributed by atoms with E-state index in [4.69, 9.17) is 16.9 Å². The molecule has 0 bridgehead atoms. The molecule has 1 saturated heterocycles. The zero-order chi connectivity index (χ0) is 14.7. The Kier molecular flexibility index (Phi) is 4.82. The normalized spacial score (nSPS) is 34.6. The van der Waals surface area contributed by atoms with E-state index in [1.54, 1.807) is 0 Å². The predicted molar refractivity (Wildman–Crippen MR) is 75.7 cm³/mol. The van der Waals surface area contributed by atoms with E-state index in [0.29, 0.717) is 19.4 Å². The van der Waals surface area contributed by atoms with Gasteiger partial charge in [-0.2, -0.15) is 0 Å². The zero-order valence-corrected chi connectivity index (χ0v) is 11.7. The number of aliphatic hydroxyl groups excluding tert-OH is 1. The molecule has 1 aliphatic carbocycles. The zero-order valence-electron chi connectivity index (χ0n) is 11.7. The second-order valence-corrected chi connectivity index (χ2v) is 5.87. The number of carbonyl (C=O) groups is 1. The molecule has 1 aliphatic heterocycles. The number of nitrogens with one attached hydrogen (secondary N) is 2. The quantitative estimate of drug-likeness (QED) is 0.338. The first kappa shape index (κ1) is 15.1. The molecule has 1 amide bonds. The SMILES string of the molecule is N=C(N)N1CCC[C@H](NC(=O)[C@@H]2CCC[C@@H](N)C2)C1O. The van der Waals surface area contributed by atoms with Gasteiger partial charge in [-0.15, -0.1) is 0 Å². The van der Waals surface area contributed by atoms with Gasteiger partial charge in [0, 0.05) is 18.5 Å². The number of nitrogens with zero attached hydrogens (tertiary/aromatic N) is 1. The summed E-state index contributed by atoms with van der Waals surface area (Å²) < 4.78 is 0. The number of hydrogen-bond donors (Lipinski definition) is 5. The topological polar surface area (TPSA) is 128 Å². The Hall–Kier alpha value is -1.34. The molecule has 7 N–H and O–H groups in total. The maximum atomic E-state index is 12.3. The summed E-state index contributed by atoms with van der Waals surface area (Å²) in [7, 11) is 0. The van der Waals surface area contributed by atoms with Gasteiger partial charge >= 0.3 is 0 Å². The van der Waals surface area contributed by atoms with Gasteiger partial charge in [0.1, 0.15) is 6.23 Å². The Morgan fingerprint density at radius 3 is 2.70 bits per heavy atom. The van der Waals surface area contributed by atoms with Crippen LogP contribution in [-0.4, -0.2) is 46.7 Å². The van der Waals surface area contributed by atoms with Crippen molar-refractivity contribution < 1.29 is 9.90 Å². The second-order valence-electron chi connectivity index (χ2n) is 5.87. The van der Waals surface area contributed by atoms with Crippen LogP contribution >= 0.6 is 0 Å². The molecule has 7 heteroatoms. The Bertz CT molecular complexity index is 376. The van der Waals surface area contributed by atoms with E-state index in [0.717, 1.165) is 25.7 Å². The lowest BCUT2D eigenvalue weighted by atomic mass is 9.85. The third kappa shape index (κ3) is 3.40. The highest BCUT2D eigenvalue weighted by molar-refractivity contribution is 5.79. The Morgan fingerprint density at radius 2 is 2.05 bits per heavy atom. The van der Waals surface area contributed by atoms with Crippen molar-refractivity contribution >= 4 is 11.9 Å². The number of carbonyl (C=O) groups excluding carboxylic acids is 1. The highest BCUT2D eigenvalue weighted by atomic mass is 16.3. The summed E-state index contributed by atoms with van der Waals surface area (Å²) in [6.07, 6.45) is 4.12. The molecule has 2 fully saturated rings. The number of piperidine rings is 1. The highest BCUT2D eigenvalue weighted by Gasteiger charge is 2.34. The van der Waals surface area contributed by atoms with Crippen LogP contribution in [0.1, 0.15) is 38.5 Å². The molecule has 2 aliphatic rings. The van der Waals surface area contributed by atoms with E-state index < -0.39 is 6.23 Å². The van der Waals surface area contributed by atoms with Gasteiger partial charge in [0.15, 0.2) is 5.96 Å². The lowest BCUT2D eigenvalue weighted by Gasteiger charge is -2.39. The molecule has 0 aromatic heterocycles. The van der Waals surface area contributed by atoms with E-state index in [1.807, 2.05) is 0 Å². The smallest absolute Gasteiger partial charge is 0.223 e. The lowest BCUT2D eigenvalue weighted by molar-refractivity contribution is -0.129. The van der Waals surface area contributed by atoms with Crippen LogP contribution in [0.4, 0.5) is 0 Å². The third-order valence-corrected chi connectivity index (χ3v) is 4.32. The van der Waals surface area contributed by atoms with Gasteiger partial charge in [-0.3, -0.25) is 10.2 Å². The molecule has 0 aromatic rings. The van der Waals surface area contributed by atoms with Crippen molar-refractivity contribution in [1.29, 1.82) is 5.41 Å². The fraction of sp³-hybridized carbons (Fsp3) is 0.846. The first-order valence-electron chi connectivity index (χ1n) is 7.33. The summed E-state index contributed by atoms with van der Waals surface area (Å²) in [6, 6.07) is -0.261. The molecular formula is C13H25N5O2. The number of amides is 1. The first-order valence-corrected chi connectivity index (χ1v) is 7.33. The molecule has 0 radical (unpaired) electrons. The average Bonchev–Trinajstić information content (AvgIpc) is 2.40. The number of hydrogen-bond acceptors (Lipinski definition) is 4. The van der Waals surface area contributed by atoms with Crippen LogP contribution in [0, 0.1) is 11.3 Å². The fourth-order valence-electron chi connectivity index (χ4n) is 3.16. The minimum atomic E-state index is -0.914. The van der Waals surface area contributed by atoms with Crippen molar-refractivity contribution in [3.63, 3.8) is 0 Å². The molecule has 2 rings (SSSR count). The number of rotatable bonds is 2. The molecule has 0 spiro atoms. The summed E-state index contributed by atoms with van der Waals surface area (Å²) >= 11 is 0. The van der Waals surface area contributed by atoms with Crippen molar-refractivity contribution in [2.75, 3.05) is 6.54 Å². The number of nitrogens with two attached hydrogens (primary N) is 2. The summed E-state index contributed by atoms with van der Waals surface area (Å²) in [5.74, 6) is -0.246. The van der Waals surface area contributed by atoms with Crippen LogP contribution in [0.3, 0.4) is 0 Å². The number of guanidine groups is 1. The van der Waals surface area contributed by atoms with Crippen LogP contribution in [-0.2, 0) is 4.79 Å². The highest BCUT2D eigenvalue weighted by Crippen LogP contribution is 2.24. The lowest BCUT2D eigenvalue weighted by Crippen LogP contribution is -2.59. The maximum absolute atomic E-state index is 12.3. The molecule has 114 valence electrons. The fourth-order valence-corrected chi connectivity index (χ4v) is 3.16. The minimum Gasteiger partial charge on any atom is -0.371 e. The van der Waals surface area contributed by atoms with E-state index in [-0.39, 0.29) is 29.9 Å². The molecule has 0 aromatic carbocycles. The van der Waals surface area contributed by atoms with Crippen LogP contribution < -0.4 is 16.8 Å². The van der Waals surface area contributed by atoms with Gasteiger partial charge < -0.3 is 26.8 Å². The summed E-state index contributed by atoms with van der Waals surface area (Å²) in [5, 5.41) is 20.5. The van der Waals surface area contributed by atoms with Gasteiger partial charge in [0.2, 0.25) is 5.91 Å². The van der Waals surface area contributed by atoms with Crippen LogP contribution in [0.5, 0.6) is 0 Å². The van der Waals surface area contributed by atoms with Gasteiger partial charge in [0.05, 0.1) is 6.04 Å². The van der Waals surface area contributed by atoms with Crippen molar-refractivity contribution in [2.45, 2.75) is 56.8 Å². The number of aliphatic hydroxyl groups is 1. The molecule has 4 atom stereocenters. The Morgan fingerprint density at radius 1 is 1.30 bits per heavy atom. The predicted octanol–water partition coefficient (Wildman–Crippen LogP) is -0.704. The van der Waals surface area contributed by atoms with E-state index in [9.17, 15) is 9.90 Å². The first-order chi connectivity index (χ1) is 9.49. The Labute approximate surface area is 119 Å². The average molecular weight is 283 g/mol. The second kappa shape index (κ2) is 6.41. The molecule has 1 saturated carbocycles. The monoisotopic (exact) mass is 283 g/mol. The summed E-state index contributed by atoms with van der Waals surface area (Å²) in [5.41, 5.74) is 11.3. The third-order valence-electron chi connectivity index (χ3n) is 4.32. The van der Waals surface area contributed by atoms with Gasteiger partial charge in [-0.25, -0.2) is 0 Å². The van der Waals surface area contributed by atoms with E-state index >= 15 is 0 Å². The molecular weight excluding hydrogens is 258 g/mol. The van der Waals surface area contributed by atoms with E-state index in [1.165, 1.54) is 4.90 Å². The molecule has 1 heterocycles. The van der Waals surface area contributed by atoms with E-state index in [2.05, 4.69) is 5.32 Å². The molecule has 20 heavy (non-hydrogen) atoms. The standard InChI is InChI=1S/C13H25N5O2/c14-9-4-1-3-8(7-9)11(19)17-10-5-2-6-18(12(10)20)13(15)16/h8-10,12,20H,1-7,14H2,(H3,15,16)(H,17,19)/t8-,9-,10+,12?/m1/s1. The van der Waals surface area contributed by atoms with Crippen LogP contribution in [0.25, 0.3) is 0 Å². The largest absolute Gasteiger partial charge is 0.371 e. The van der Waals surface area contributed by atoms with Crippen molar-refractivity contribution in [1.82, 2.24) is 10.2 Å².